The average Bonchev–Trinajstić information content (AvgIpc) is 2.35. The SMILES string of the molecule is CCC(NC(=O)C1CCCCS1)C(N)=NO. The van der Waals surface area contributed by atoms with Crippen molar-refractivity contribution in [1.29, 1.82) is 0 Å². The highest BCUT2D eigenvalue weighted by atomic mass is 32.2. The van der Waals surface area contributed by atoms with Gasteiger partial charge in [0.25, 0.3) is 0 Å². The lowest BCUT2D eigenvalue weighted by Crippen LogP contribution is -2.47. The number of nitrogens with zero attached hydrogens (tertiary/aromatic N) is 1. The first-order valence-electron chi connectivity index (χ1n) is 5.58. The van der Waals surface area contributed by atoms with E-state index in [0.29, 0.717) is 6.42 Å². The second-order valence-corrected chi connectivity index (χ2v) is 5.16. The van der Waals surface area contributed by atoms with Crippen LogP contribution >= 0.6 is 11.8 Å². The van der Waals surface area contributed by atoms with Crippen molar-refractivity contribution < 1.29 is 10.0 Å². The monoisotopic (exact) mass is 245 g/mol. The minimum atomic E-state index is -0.361. The number of amides is 1. The Morgan fingerprint density at radius 3 is 2.94 bits per heavy atom. The Morgan fingerprint density at radius 1 is 1.69 bits per heavy atom. The molecule has 1 heterocycles. The average molecular weight is 245 g/mol. The van der Waals surface area contributed by atoms with E-state index in [1.54, 1.807) is 11.8 Å². The maximum absolute atomic E-state index is 11.9. The molecule has 16 heavy (non-hydrogen) atoms. The van der Waals surface area contributed by atoms with Gasteiger partial charge in [0.2, 0.25) is 5.91 Å². The molecule has 0 spiro atoms. The van der Waals surface area contributed by atoms with Gasteiger partial charge in [0.1, 0.15) is 0 Å². The Hall–Kier alpha value is -0.910. The molecule has 0 aliphatic carbocycles. The number of oxime groups is 1. The third kappa shape index (κ3) is 3.59. The van der Waals surface area contributed by atoms with Gasteiger partial charge in [-0.05, 0) is 25.0 Å². The fourth-order valence-electron chi connectivity index (χ4n) is 1.67. The Balaban J connectivity index is 2.47. The molecule has 1 aliphatic rings. The van der Waals surface area contributed by atoms with Gasteiger partial charge in [-0.25, -0.2) is 0 Å². The molecule has 0 bridgehead atoms. The molecule has 92 valence electrons. The van der Waals surface area contributed by atoms with Gasteiger partial charge < -0.3 is 16.3 Å². The summed E-state index contributed by atoms with van der Waals surface area (Å²) in [6, 6.07) is -0.361. The number of carbonyl (C=O) groups excluding carboxylic acids is 1. The highest BCUT2D eigenvalue weighted by Crippen LogP contribution is 2.25. The van der Waals surface area contributed by atoms with Crippen LogP contribution in [0.25, 0.3) is 0 Å². The molecule has 4 N–H and O–H groups in total. The summed E-state index contributed by atoms with van der Waals surface area (Å²) in [7, 11) is 0. The van der Waals surface area contributed by atoms with E-state index in [9.17, 15) is 4.79 Å². The predicted octanol–water partition coefficient (Wildman–Crippen LogP) is 0.913. The molecule has 0 aromatic carbocycles. The van der Waals surface area contributed by atoms with Crippen molar-refractivity contribution in [3.05, 3.63) is 0 Å². The van der Waals surface area contributed by atoms with E-state index in [0.717, 1.165) is 18.6 Å². The van der Waals surface area contributed by atoms with Crippen LogP contribution in [-0.2, 0) is 4.79 Å². The number of carbonyl (C=O) groups is 1. The summed E-state index contributed by atoms with van der Waals surface area (Å²) < 4.78 is 0. The minimum Gasteiger partial charge on any atom is -0.409 e. The van der Waals surface area contributed by atoms with E-state index in [-0.39, 0.29) is 23.0 Å². The van der Waals surface area contributed by atoms with Crippen LogP contribution in [-0.4, -0.2) is 34.0 Å². The van der Waals surface area contributed by atoms with Crippen LogP contribution in [0.1, 0.15) is 32.6 Å². The normalized spacial score (nSPS) is 23.8. The zero-order valence-corrected chi connectivity index (χ0v) is 10.3. The maximum atomic E-state index is 11.9. The molecule has 2 atom stereocenters. The molecule has 1 aliphatic heterocycles. The van der Waals surface area contributed by atoms with Gasteiger partial charge in [0.15, 0.2) is 5.84 Å². The number of nitrogens with two attached hydrogens (primary N) is 1. The van der Waals surface area contributed by atoms with Crippen molar-refractivity contribution >= 4 is 23.5 Å². The van der Waals surface area contributed by atoms with Crippen LogP contribution in [0.3, 0.4) is 0 Å². The van der Waals surface area contributed by atoms with E-state index in [1.807, 2.05) is 6.92 Å². The van der Waals surface area contributed by atoms with E-state index in [2.05, 4.69) is 10.5 Å². The molecular formula is C10H19N3O2S. The van der Waals surface area contributed by atoms with Gasteiger partial charge in [-0.1, -0.05) is 18.5 Å². The molecule has 0 aromatic heterocycles. The molecular weight excluding hydrogens is 226 g/mol. The summed E-state index contributed by atoms with van der Waals surface area (Å²) in [6.07, 6.45) is 3.83. The summed E-state index contributed by atoms with van der Waals surface area (Å²) >= 11 is 1.69. The first-order valence-corrected chi connectivity index (χ1v) is 6.63. The first-order chi connectivity index (χ1) is 7.69. The molecule has 0 aromatic rings. The predicted molar refractivity (Wildman–Crippen MR) is 65.7 cm³/mol. The van der Waals surface area contributed by atoms with Gasteiger partial charge in [0, 0.05) is 0 Å². The highest BCUT2D eigenvalue weighted by Gasteiger charge is 2.24. The largest absolute Gasteiger partial charge is 0.409 e. The lowest BCUT2D eigenvalue weighted by Gasteiger charge is -2.23. The van der Waals surface area contributed by atoms with Crippen molar-refractivity contribution in [2.75, 3.05) is 5.75 Å². The van der Waals surface area contributed by atoms with Crippen molar-refractivity contribution in [1.82, 2.24) is 5.32 Å². The van der Waals surface area contributed by atoms with Gasteiger partial charge >= 0.3 is 0 Å². The Bertz CT molecular complexity index is 265. The summed E-state index contributed by atoms with van der Waals surface area (Å²) in [5, 5.41) is 14.3. The minimum absolute atomic E-state index is 0.00292. The number of amidine groups is 1. The fourth-order valence-corrected chi connectivity index (χ4v) is 2.88. The van der Waals surface area contributed by atoms with E-state index < -0.39 is 0 Å². The van der Waals surface area contributed by atoms with Crippen LogP contribution in [0.5, 0.6) is 0 Å². The Kier molecular flexibility index (Phi) is 5.45. The smallest absolute Gasteiger partial charge is 0.233 e. The zero-order valence-electron chi connectivity index (χ0n) is 9.48. The van der Waals surface area contributed by atoms with Crippen molar-refractivity contribution in [3.8, 4) is 0 Å². The van der Waals surface area contributed by atoms with Crippen LogP contribution in [0.4, 0.5) is 0 Å². The lowest BCUT2D eigenvalue weighted by atomic mass is 10.1. The molecule has 1 fully saturated rings. The summed E-state index contributed by atoms with van der Waals surface area (Å²) in [5.41, 5.74) is 5.48. The van der Waals surface area contributed by atoms with Crippen LogP contribution in [0.2, 0.25) is 0 Å². The van der Waals surface area contributed by atoms with Crippen LogP contribution < -0.4 is 11.1 Å². The molecule has 5 nitrogen and oxygen atoms in total. The van der Waals surface area contributed by atoms with Crippen LogP contribution in [0.15, 0.2) is 5.16 Å². The maximum Gasteiger partial charge on any atom is 0.233 e. The highest BCUT2D eigenvalue weighted by molar-refractivity contribution is 8.00. The number of hydrogen-bond donors (Lipinski definition) is 3. The second-order valence-electron chi connectivity index (χ2n) is 3.85. The van der Waals surface area contributed by atoms with Gasteiger partial charge in [-0.2, -0.15) is 0 Å². The van der Waals surface area contributed by atoms with Crippen molar-refractivity contribution in [3.63, 3.8) is 0 Å². The second kappa shape index (κ2) is 6.62. The summed E-state index contributed by atoms with van der Waals surface area (Å²) in [5.74, 6) is 1.11. The summed E-state index contributed by atoms with van der Waals surface area (Å²) in [4.78, 5) is 11.9. The Morgan fingerprint density at radius 2 is 2.44 bits per heavy atom. The number of rotatable bonds is 4. The molecule has 0 radical (unpaired) electrons. The van der Waals surface area contributed by atoms with Gasteiger partial charge in [0.05, 0.1) is 11.3 Å². The lowest BCUT2D eigenvalue weighted by molar-refractivity contribution is -0.121. The van der Waals surface area contributed by atoms with E-state index in [4.69, 9.17) is 10.9 Å². The number of thioether (sulfide) groups is 1. The van der Waals surface area contributed by atoms with Crippen molar-refractivity contribution in [2.24, 2.45) is 10.9 Å². The fraction of sp³-hybridized carbons (Fsp3) is 0.800. The Labute approximate surface area is 99.8 Å². The first kappa shape index (κ1) is 13.2. The topological polar surface area (TPSA) is 87.7 Å². The number of nitrogens with one attached hydrogen (secondary N) is 1. The molecule has 1 amide bonds. The number of hydrogen-bond acceptors (Lipinski definition) is 4. The van der Waals surface area contributed by atoms with Gasteiger partial charge in [-0.3, -0.25) is 4.79 Å². The summed E-state index contributed by atoms with van der Waals surface area (Å²) in [6.45, 7) is 1.89. The standard InChI is InChI=1S/C10H19N3O2S/c1-2-7(9(11)13-15)12-10(14)8-5-3-4-6-16-8/h7-8,15H,2-6H2,1H3,(H2,11,13)(H,12,14). The van der Waals surface area contributed by atoms with E-state index >= 15 is 0 Å². The molecule has 1 saturated heterocycles. The van der Waals surface area contributed by atoms with Crippen LogP contribution in [0, 0.1) is 0 Å². The molecule has 1 rings (SSSR count). The van der Waals surface area contributed by atoms with Gasteiger partial charge in [-0.15, -0.1) is 11.8 Å². The third-order valence-electron chi connectivity index (χ3n) is 2.67. The van der Waals surface area contributed by atoms with Crippen molar-refractivity contribution in [2.45, 2.75) is 43.9 Å². The molecule has 6 heteroatoms. The third-order valence-corrected chi connectivity index (χ3v) is 4.05. The quantitative estimate of drug-likeness (QED) is 0.297. The molecule has 2 unspecified atom stereocenters. The zero-order chi connectivity index (χ0) is 12.0. The molecule has 0 saturated carbocycles. The van der Waals surface area contributed by atoms with E-state index in [1.165, 1.54) is 6.42 Å².